The number of alkyl halides is 1. The van der Waals surface area contributed by atoms with Crippen LogP contribution in [0.2, 0.25) is 0 Å². The van der Waals surface area contributed by atoms with Gasteiger partial charge in [-0.15, -0.1) is 0 Å². The molecule has 0 aromatic carbocycles. The molecule has 2 fully saturated rings. The molecular formula is C12H21BrO2. The first kappa shape index (κ1) is 11.9. The van der Waals surface area contributed by atoms with Crippen molar-refractivity contribution in [3.05, 3.63) is 0 Å². The lowest BCUT2D eigenvalue weighted by atomic mass is 9.87. The highest BCUT2D eigenvalue weighted by molar-refractivity contribution is 9.09. The molecule has 2 saturated carbocycles. The fraction of sp³-hybridized carbons (Fsp3) is 1.00. The normalized spacial score (nSPS) is 46.2. The second kappa shape index (κ2) is 5.15. The van der Waals surface area contributed by atoms with E-state index in [1.165, 1.54) is 25.7 Å². The van der Waals surface area contributed by atoms with E-state index in [1.54, 1.807) is 7.11 Å². The van der Waals surface area contributed by atoms with Gasteiger partial charge in [0.05, 0.1) is 18.3 Å². The lowest BCUT2D eigenvalue weighted by molar-refractivity contribution is -0.143. The van der Waals surface area contributed by atoms with Crippen molar-refractivity contribution < 1.29 is 9.47 Å². The third-order valence-corrected chi connectivity index (χ3v) is 4.60. The van der Waals surface area contributed by atoms with Crippen LogP contribution in [0.1, 0.15) is 39.0 Å². The third-order valence-electron chi connectivity index (χ3n) is 3.71. The first-order valence-electron chi connectivity index (χ1n) is 6.03. The van der Waals surface area contributed by atoms with Crippen molar-refractivity contribution in [3.63, 3.8) is 0 Å². The summed E-state index contributed by atoms with van der Waals surface area (Å²) in [6, 6.07) is 0. The van der Waals surface area contributed by atoms with E-state index < -0.39 is 0 Å². The Bertz CT molecular complexity index is 208. The number of halogens is 1. The number of ether oxygens (including phenoxy) is 2. The number of hydrogen-bond donors (Lipinski definition) is 0. The molecule has 88 valence electrons. The molecule has 0 N–H and O–H groups in total. The molecule has 0 amide bonds. The van der Waals surface area contributed by atoms with Crippen LogP contribution in [0.25, 0.3) is 0 Å². The van der Waals surface area contributed by atoms with E-state index >= 15 is 0 Å². The van der Waals surface area contributed by atoms with E-state index in [4.69, 9.17) is 9.47 Å². The summed E-state index contributed by atoms with van der Waals surface area (Å²) >= 11 is 3.60. The van der Waals surface area contributed by atoms with E-state index in [2.05, 4.69) is 22.9 Å². The van der Waals surface area contributed by atoms with Gasteiger partial charge >= 0.3 is 0 Å². The van der Waals surface area contributed by atoms with Crippen LogP contribution in [-0.4, -0.2) is 30.2 Å². The number of rotatable bonds is 3. The molecule has 2 aliphatic carbocycles. The van der Waals surface area contributed by atoms with Crippen molar-refractivity contribution in [3.8, 4) is 0 Å². The molecule has 15 heavy (non-hydrogen) atoms. The summed E-state index contributed by atoms with van der Waals surface area (Å²) in [4.78, 5) is 0.494. The first-order chi connectivity index (χ1) is 7.20. The molecule has 2 nitrogen and oxygen atoms in total. The summed E-state index contributed by atoms with van der Waals surface area (Å²) in [5, 5.41) is 0. The quantitative estimate of drug-likeness (QED) is 0.738. The Morgan fingerprint density at radius 3 is 2.60 bits per heavy atom. The second-order valence-corrected chi connectivity index (χ2v) is 6.20. The molecule has 0 radical (unpaired) electrons. The Morgan fingerprint density at radius 1 is 1.20 bits per heavy atom. The van der Waals surface area contributed by atoms with Crippen LogP contribution in [0.4, 0.5) is 0 Å². The summed E-state index contributed by atoms with van der Waals surface area (Å²) in [7, 11) is 1.78. The van der Waals surface area contributed by atoms with Crippen molar-refractivity contribution in [2.75, 3.05) is 7.11 Å². The Balaban J connectivity index is 1.77. The van der Waals surface area contributed by atoms with Gasteiger partial charge in [0.2, 0.25) is 0 Å². The van der Waals surface area contributed by atoms with Crippen LogP contribution >= 0.6 is 15.9 Å². The molecule has 0 aromatic heterocycles. The van der Waals surface area contributed by atoms with Gasteiger partial charge < -0.3 is 9.47 Å². The average Bonchev–Trinajstić information content (AvgIpc) is 2.17. The maximum Gasteiger partial charge on any atom is 0.0958 e. The van der Waals surface area contributed by atoms with Gasteiger partial charge in [0.25, 0.3) is 0 Å². The van der Waals surface area contributed by atoms with E-state index in [9.17, 15) is 0 Å². The van der Waals surface area contributed by atoms with Gasteiger partial charge in [-0.25, -0.2) is 0 Å². The van der Waals surface area contributed by atoms with E-state index in [0.717, 1.165) is 12.3 Å². The lowest BCUT2D eigenvalue weighted by Gasteiger charge is -2.43. The minimum absolute atomic E-state index is 0.266. The van der Waals surface area contributed by atoms with Crippen LogP contribution in [-0.2, 0) is 9.47 Å². The summed E-state index contributed by atoms with van der Waals surface area (Å²) in [5.74, 6) is 0.838. The maximum absolute atomic E-state index is 6.12. The Kier molecular flexibility index (Phi) is 4.08. The van der Waals surface area contributed by atoms with Gasteiger partial charge in [0.15, 0.2) is 0 Å². The highest BCUT2D eigenvalue weighted by Crippen LogP contribution is 2.36. The van der Waals surface area contributed by atoms with Crippen molar-refractivity contribution in [2.45, 2.75) is 62.2 Å². The Labute approximate surface area is 101 Å². The predicted octanol–water partition coefficient (Wildman–Crippen LogP) is 3.13. The largest absolute Gasteiger partial charge is 0.378 e. The molecular weight excluding hydrogens is 256 g/mol. The summed E-state index contributed by atoms with van der Waals surface area (Å²) < 4.78 is 11.5. The van der Waals surface area contributed by atoms with Gasteiger partial charge in [0, 0.05) is 11.9 Å². The Morgan fingerprint density at radius 2 is 2.00 bits per heavy atom. The number of methoxy groups -OCH3 is 1. The SMILES string of the molecule is COC1C(Br)CC1OC1CCCC(C)C1. The highest BCUT2D eigenvalue weighted by atomic mass is 79.9. The lowest BCUT2D eigenvalue weighted by Crippen LogP contribution is -2.51. The van der Waals surface area contributed by atoms with Gasteiger partial charge in [-0.05, 0) is 25.2 Å². The van der Waals surface area contributed by atoms with Crippen molar-refractivity contribution >= 4 is 15.9 Å². The van der Waals surface area contributed by atoms with Gasteiger partial charge in [-0.2, -0.15) is 0 Å². The minimum atomic E-state index is 0.266. The van der Waals surface area contributed by atoms with Gasteiger partial charge in [0.1, 0.15) is 0 Å². The third kappa shape index (κ3) is 2.75. The standard InChI is InChI=1S/C12H21BrO2/c1-8-4-3-5-9(6-8)15-11-7-10(13)12(11)14-2/h8-12H,3-7H2,1-2H3. The zero-order chi connectivity index (χ0) is 10.8. The van der Waals surface area contributed by atoms with Gasteiger partial charge in [-0.1, -0.05) is 35.7 Å². The van der Waals surface area contributed by atoms with E-state index in [-0.39, 0.29) is 6.10 Å². The summed E-state index contributed by atoms with van der Waals surface area (Å²) in [6.07, 6.45) is 7.36. The van der Waals surface area contributed by atoms with Crippen LogP contribution in [0, 0.1) is 5.92 Å². The van der Waals surface area contributed by atoms with Crippen LogP contribution in [0.3, 0.4) is 0 Å². The molecule has 5 unspecified atom stereocenters. The monoisotopic (exact) mass is 276 g/mol. The molecule has 2 rings (SSSR count). The van der Waals surface area contributed by atoms with Crippen LogP contribution < -0.4 is 0 Å². The van der Waals surface area contributed by atoms with Crippen molar-refractivity contribution in [2.24, 2.45) is 5.92 Å². The average molecular weight is 277 g/mol. The topological polar surface area (TPSA) is 18.5 Å². The molecule has 5 atom stereocenters. The maximum atomic E-state index is 6.12. The fourth-order valence-corrected chi connectivity index (χ4v) is 3.63. The number of hydrogen-bond acceptors (Lipinski definition) is 2. The summed E-state index contributed by atoms with van der Waals surface area (Å²) in [6.45, 7) is 2.33. The highest BCUT2D eigenvalue weighted by Gasteiger charge is 2.42. The minimum Gasteiger partial charge on any atom is -0.378 e. The van der Waals surface area contributed by atoms with Crippen molar-refractivity contribution in [1.29, 1.82) is 0 Å². The van der Waals surface area contributed by atoms with E-state index in [0.29, 0.717) is 17.0 Å². The molecule has 0 aromatic rings. The molecule has 0 bridgehead atoms. The molecule has 3 heteroatoms. The van der Waals surface area contributed by atoms with Crippen molar-refractivity contribution in [1.82, 2.24) is 0 Å². The first-order valence-corrected chi connectivity index (χ1v) is 6.94. The molecule has 0 saturated heterocycles. The van der Waals surface area contributed by atoms with Gasteiger partial charge in [-0.3, -0.25) is 0 Å². The smallest absolute Gasteiger partial charge is 0.0958 e. The zero-order valence-corrected chi connectivity index (χ0v) is 11.2. The summed E-state index contributed by atoms with van der Waals surface area (Å²) in [5.41, 5.74) is 0. The molecule has 0 spiro atoms. The van der Waals surface area contributed by atoms with E-state index in [1.807, 2.05) is 0 Å². The second-order valence-electron chi connectivity index (χ2n) is 5.02. The molecule has 0 heterocycles. The predicted molar refractivity (Wildman–Crippen MR) is 64.4 cm³/mol. The fourth-order valence-electron chi connectivity index (χ4n) is 2.71. The Hall–Kier alpha value is 0.400. The molecule has 0 aliphatic heterocycles. The molecule has 2 aliphatic rings. The van der Waals surface area contributed by atoms with Crippen LogP contribution in [0.5, 0.6) is 0 Å². The van der Waals surface area contributed by atoms with Crippen LogP contribution in [0.15, 0.2) is 0 Å². The zero-order valence-electron chi connectivity index (χ0n) is 9.62.